The molecule has 0 aliphatic heterocycles. The van der Waals surface area contributed by atoms with Gasteiger partial charge in [0.25, 0.3) is 0 Å². The van der Waals surface area contributed by atoms with E-state index in [0.29, 0.717) is 13.0 Å². The van der Waals surface area contributed by atoms with Gasteiger partial charge in [-0.05, 0) is 19.8 Å². The highest BCUT2D eigenvalue weighted by Crippen LogP contribution is 2.17. The van der Waals surface area contributed by atoms with Gasteiger partial charge in [0.05, 0.1) is 0 Å². The molecule has 6 nitrogen and oxygen atoms in total. The third-order valence-electron chi connectivity index (χ3n) is 4.51. The number of hydrogen-bond donors (Lipinski definition) is 3. The van der Waals surface area contributed by atoms with Crippen LogP contribution in [0.15, 0.2) is 0 Å². The molecule has 0 aliphatic carbocycles. The number of unbranched alkanes of at least 4 members (excludes halogenated alkanes) is 8. The topological polar surface area (TPSA) is 109 Å². The molecule has 4 N–H and O–H groups in total. The summed E-state index contributed by atoms with van der Waals surface area (Å²) in [6.07, 6.45) is 10.0. The number of ketones is 1. The van der Waals surface area contributed by atoms with E-state index < -0.39 is 17.3 Å². The fourth-order valence-corrected chi connectivity index (χ4v) is 2.78. The number of Topliss-reactive ketones (excluding diaryl/α,β-unsaturated/α-hetero) is 1. The average Bonchev–Trinajstić information content (AvgIpc) is 2.58. The quantitative estimate of drug-likeness (QED) is 0.291. The number of carbonyl (C=O) groups excluding carboxylic acids is 2. The van der Waals surface area contributed by atoms with E-state index in [2.05, 4.69) is 12.2 Å². The van der Waals surface area contributed by atoms with Crippen molar-refractivity contribution < 1.29 is 19.5 Å². The molecule has 1 amide bonds. The van der Waals surface area contributed by atoms with Crippen LogP contribution in [-0.2, 0) is 14.4 Å². The molecule has 0 radical (unpaired) electrons. The molecule has 0 saturated heterocycles. The van der Waals surface area contributed by atoms with Crippen molar-refractivity contribution in [3.05, 3.63) is 0 Å². The van der Waals surface area contributed by atoms with E-state index in [1.165, 1.54) is 32.1 Å². The maximum absolute atomic E-state index is 12.2. The number of amides is 1. The molecule has 1 atom stereocenters. The lowest BCUT2D eigenvalue weighted by Crippen LogP contribution is -2.55. The predicted octanol–water partition coefficient (Wildman–Crippen LogP) is 3.17. The molecule has 25 heavy (non-hydrogen) atoms. The SMILES string of the molecule is CCCCCCCCCCCC(=O)C(N)(CCC(=O)NCC)C(=O)O. The van der Waals surface area contributed by atoms with Crippen LogP contribution in [0.3, 0.4) is 0 Å². The average molecular weight is 357 g/mol. The van der Waals surface area contributed by atoms with Gasteiger partial charge in [-0.25, -0.2) is 4.79 Å². The van der Waals surface area contributed by atoms with Crippen molar-refractivity contribution in [3.63, 3.8) is 0 Å². The largest absolute Gasteiger partial charge is 0.480 e. The summed E-state index contributed by atoms with van der Waals surface area (Å²) >= 11 is 0. The first-order valence-corrected chi connectivity index (χ1v) is 9.70. The number of carbonyl (C=O) groups is 3. The van der Waals surface area contributed by atoms with Crippen molar-refractivity contribution in [1.82, 2.24) is 5.32 Å². The molecule has 0 spiro atoms. The van der Waals surface area contributed by atoms with Crippen LogP contribution >= 0.6 is 0 Å². The molecular formula is C19H36N2O4. The number of aliphatic carboxylic acids is 1. The molecular weight excluding hydrogens is 320 g/mol. The summed E-state index contributed by atoms with van der Waals surface area (Å²) in [5, 5.41) is 11.9. The van der Waals surface area contributed by atoms with Crippen molar-refractivity contribution >= 4 is 17.7 Å². The molecule has 1 unspecified atom stereocenters. The lowest BCUT2D eigenvalue weighted by atomic mass is 9.86. The maximum atomic E-state index is 12.2. The van der Waals surface area contributed by atoms with E-state index in [9.17, 15) is 19.5 Å². The third kappa shape index (κ3) is 10.2. The van der Waals surface area contributed by atoms with Gasteiger partial charge in [-0.1, -0.05) is 58.3 Å². The lowest BCUT2D eigenvalue weighted by Gasteiger charge is -2.23. The second kappa shape index (κ2) is 13.8. The minimum atomic E-state index is -1.95. The van der Waals surface area contributed by atoms with Gasteiger partial charge in [0.2, 0.25) is 5.91 Å². The molecule has 6 heteroatoms. The van der Waals surface area contributed by atoms with E-state index in [1.54, 1.807) is 6.92 Å². The van der Waals surface area contributed by atoms with Crippen LogP contribution in [0.1, 0.15) is 90.9 Å². The highest BCUT2D eigenvalue weighted by Gasteiger charge is 2.41. The third-order valence-corrected chi connectivity index (χ3v) is 4.51. The molecule has 0 fully saturated rings. The molecule has 0 bridgehead atoms. The van der Waals surface area contributed by atoms with E-state index in [1.807, 2.05) is 0 Å². The van der Waals surface area contributed by atoms with Crippen LogP contribution in [0.5, 0.6) is 0 Å². The Balaban J connectivity index is 4.08. The standard InChI is InChI=1S/C19H36N2O4/c1-3-5-6-7-8-9-10-11-12-13-16(22)19(20,18(24)25)15-14-17(23)21-4-2/h3-15,20H2,1-2H3,(H,21,23)(H,24,25). The second-order valence-electron chi connectivity index (χ2n) is 6.73. The first-order valence-electron chi connectivity index (χ1n) is 9.70. The van der Waals surface area contributed by atoms with Gasteiger partial charge in [-0.3, -0.25) is 9.59 Å². The molecule has 0 saturated carbocycles. The van der Waals surface area contributed by atoms with Crippen molar-refractivity contribution in [1.29, 1.82) is 0 Å². The Bertz CT molecular complexity index is 412. The number of rotatable bonds is 16. The lowest BCUT2D eigenvalue weighted by molar-refractivity contribution is -0.148. The predicted molar refractivity (Wildman–Crippen MR) is 99.3 cm³/mol. The first kappa shape index (κ1) is 23.6. The van der Waals surface area contributed by atoms with Gasteiger partial charge >= 0.3 is 5.97 Å². The zero-order chi connectivity index (χ0) is 19.1. The fourth-order valence-electron chi connectivity index (χ4n) is 2.78. The molecule has 0 aromatic carbocycles. The highest BCUT2D eigenvalue weighted by atomic mass is 16.4. The Morgan fingerprint density at radius 3 is 1.88 bits per heavy atom. The Morgan fingerprint density at radius 1 is 0.880 bits per heavy atom. The van der Waals surface area contributed by atoms with Crippen LogP contribution in [0.2, 0.25) is 0 Å². The summed E-state index contributed by atoms with van der Waals surface area (Å²) in [5.41, 5.74) is 3.86. The molecule has 0 aromatic rings. The van der Waals surface area contributed by atoms with Gasteiger partial charge in [0.1, 0.15) is 0 Å². The van der Waals surface area contributed by atoms with E-state index in [0.717, 1.165) is 19.3 Å². The first-order chi connectivity index (χ1) is 11.9. The molecule has 0 rings (SSSR count). The van der Waals surface area contributed by atoms with Gasteiger partial charge < -0.3 is 16.2 Å². The fraction of sp³-hybridized carbons (Fsp3) is 0.842. The summed E-state index contributed by atoms with van der Waals surface area (Å²) < 4.78 is 0. The maximum Gasteiger partial charge on any atom is 0.331 e. The molecule has 0 aliphatic rings. The number of nitrogens with two attached hydrogens (primary N) is 1. The van der Waals surface area contributed by atoms with Crippen molar-refractivity contribution in [2.45, 2.75) is 96.4 Å². The van der Waals surface area contributed by atoms with Crippen molar-refractivity contribution in [3.8, 4) is 0 Å². The van der Waals surface area contributed by atoms with E-state index >= 15 is 0 Å². The number of nitrogens with one attached hydrogen (secondary N) is 1. The zero-order valence-corrected chi connectivity index (χ0v) is 15.9. The summed E-state index contributed by atoms with van der Waals surface area (Å²) in [7, 11) is 0. The van der Waals surface area contributed by atoms with E-state index in [4.69, 9.17) is 5.73 Å². The Hall–Kier alpha value is -1.43. The Morgan fingerprint density at radius 2 is 1.40 bits per heavy atom. The number of carboxylic acid groups (broad SMARTS) is 1. The molecule has 0 aromatic heterocycles. The zero-order valence-electron chi connectivity index (χ0n) is 15.9. The smallest absolute Gasteiger partial charge is 0.331 e. The summed E-state index contributed by atoms with van der Waals surface area (Å²) in [4.78, 5) is 35.2. The van der Waals surface area contributed by atoms with E-state index in [-0.39, 0.29) is 25.2 Å². The van der Waals surface area contributed by atoms with Gasteiger partial charge in [-0.2, -0.15) is 0 Å². The minimum absolute atomic E-state index is 0.0554. The van der Waals surface area contributed by atoms with Crippen molar-refractivity contribution in [2.75, 3.05) is 6.54 Å². The van der Waals surface area contributed by atoms with Gasteiger partial charge in [-0.15, -0.1) is 0 Å². The highest BCUT2D eigenvalue weighted by molar-refractivity contribution is 6.07. The summed E-state index contributed by atoms with van der Waals surface area (Å²) in [6, 6.07) is 0. The normalized spacial score (nSPS) is 13.2. The minimum Gasteiger partial charge on any atom is -0.480 e. The summed E-state index contributed by atoms with van der Waals surface area (Å²) in [6.45, 7) is 4.44. The molecule has 146 valence electrons. The monoisotopic (exact) mass is 356 g/mol. The number of hydrogen-bond acceptors (Lipinski definition) is 4. The Labute approximate surface area is 151 Å². The second-order valence-corrected chi connectivity index (χ2v) is 6.73. The summed E-state index contributed by atoms with van der Waals surface area (Å²) in [5.74, 6) is -2.11. The number of carboxylic acids is 1. The van der Waals surface area contributed by atoms with Crippen LogP contribution in [0, 0.1) is 0 Å². The van der Waals surface area contributed by atoms with Crippen molar-refractivity contribution in [2.24, 2.45) is 5.73 Å². The van der Waals surface area contributed by atoms with Crippen LogP contribution in [0.25, 0.3) is 0 Å². The Kier molecular flexibility index (Phi) is 13.0. The molecule has 0 heterocycles. The van der Waals surface area contributed by atoms with Gasteiger partial charge in [0.15, 0.2) is 11.3 Å². The van der Waals surface area contributed by atoms with Crippen LogP contribution in [0.4, 0.5) is 0 Å². The van der Waals surface area contributed by atoms with Gasteiger partial charge in [0, 0.05) is 19.4 Å². The van der Waals surface area contributed by atoms with Crippen LogP contribution < -0.4 is 11.1 Å². The van der Waals surface area contributed by atoms with Crippen LogP contribution in [-0.4, -0.2) is 34.8 Å².